The molecule has 0 radical (unpaired) electrons. The average molecular weight is 332 g/mol. The standard InChI is InChI=1S/C17H20N2O3S/c1-12-3-5-18(16(20)7-12)10-17(21)19-8-13(2)22-15(9-19)14-4-6-23-11-14/h3-7,11,13,15H,8-10H2,1-2H3/t13-,15+/m1/s1. The van der Waals surface area contributed by atoms with Gasteiger partial charge >= 0.3 is 0 Å². The number of nitrogens with zero attached hydrogens (tertiary/aromatic N) is 2. The number of carbonyl (C=O) groups is 1. The Morgan fingerprint density at radius 1 is 1.39 bits per heavy atom. The van der Waals surface area contributed by atoms with Crippen molar-refractivity contribution >= 4 is 17.2 Å². The van der Waals surface area contributed by atoms with Gasteiger partial charge in [0, 0.05) is 18.8 Å². The predicted octanol–water partition coefficient (Wildman–Crippen LogP) is 2.21. The van der Waals surface area contributed by atoms with Crippen molar-refractivity contribution in [2.45, 2.75) is 32.6 Å². The minimum absolute atomic E-state index is 0.0210. The summed E-state index contributed by atoms with van der Waals surface area (Å²) >= 11 is 1.62. The summed E-state index contributed by atoms with van der Waals surface area (Å²) in [4.78, 5) is 26.3. The van der Waals surface area contributed by atoms with Crippen molar-refractivity contribution in [3.63, 3.8) is 0 Å². The van der Waals surface area contributed by atoms with Crippen molar-refractivity contribution in [3.05, 3.63) is 56.6 Å². The van der Waals surface area contributed by atoms with E-state index in [2.05, 4.69) is 5.38 Å². The molecule has 3 heterocycles. The first-order valence-corrected chi connectivity index (χ1v) is 8.59. The highest BCUT2D eigenvalue weighted by Crippen LogP contribution is 2.26. The van der Waals surface area contributed by atoms with Crippen LogP contribution in [-0.4, -0.2) is 34.6 Å². The molecule has 1 fully saturated rings. The molecule has 23 heavy (non-hydrogen) atoms. The van der Waals surface area contributed by atoms with Gasteiger partial charge < -0.3 is 14.2 Å². The molecule has 0 aromatic carbocycles. The number of ether oxygens (including phenoxy) is 1. The van der Waals surface area contributed by atoms with E-state index >= 15 is 0 Å². The van der Waals surface area contributed by atoms with Crippen LogP contribution < -0.4 is 5.56 Å². The number of aryl methyl sites for hydroxylation is 1. The molecule has 2 atom stereocenters. The lowest BCUT2D eigenvalue weighted by Gasteiger charge is -2.36. The summed E-state index contributed by atoms with van der Waals surface area (Å²) in [7, 11) is 0. The summed E-state index contributed by atoms with van der Waals surface area (Å²) in [6.07, 6.45) is 1.56. The minimum atomic E-state index is -0.144. The Morgan fingerprint density at radius 2 is 2.22 bits per heavy atom. The maximum absolute atomic E-state index is 12.6. The molecule has 0 spiro atoms. The first-order valence-electron chi connectivity index (χ1n) is 7.65. The van der Waals surface area contributed by atoms with Gasteiger partial charge in [-0.15, -0.1) is 0 Å². The van der Waals surface area contributed by atoms with Crippen LogP contribution in [0, 0.1) is 6.92 Å². The van der Waals surface area contributed by atoms with Crippen molar-refractivity contribution in [2.75, 3.05) is 13.1 Å². The summed E-state index contributed by atoms with van der Waals surface area (Å²) in [5, 5.41) is 4.06. The first-order chi connectivity index (χ1) is 11.0. The van der Waals surface area contributed by atoms with Crippen molar-refractivity contribution in [3.8, 4) is 0 Å². The molecule has 0 aliphatic carbocycles. The van der Waals surface area contributed by atoms with Crippen molar-refractivity contribution in [1.29, 1.82) is 0 Å². The van der Waals surface area contributed by atoms with Crippen molar-refractivity contribution in [2.24, 2.45) is 0 Å². The number of hydrogen-bond donors (Lipinski definition) is 0. The number of hydrogen-bond acceptors (Lipinski definition) is 4. The van der Waals surface area contributed by atoms with Crippen LogP contribution in [0.15, 0.2) is 40.0 Å². The second-order valence-corrected chi connectivity index (χ2v) is 6.74. The second-order valence-electron chi connectivity index (χ2n) is 5.96. The van der Waals surface area contributed by atoms with E-state index in [0.717, 1.165) is 11.1 Å². The lowest BCUT2D eigenvalue weighted by Crippen LogP contribution is -2.47. The average Bonchev–Trinajstić information content (AvgIpc) is 3.04. The van der Waals surface area contributed by atoms with E-state index in [1.54, 1.807) is 28.5 Å². The molecule has 122 valence electrons. The van der Waals surface area contributed by atoms with Crippen LogP contribution >= 0.6 is 11.3 Å². The number of carbonyl (C=O) groups excluding carboxylic acids is 1. The summed E-state index contributed by atoms with van der Waals surface area (Å²) in [5.41, 5.74) is 1.86. The fourth-order valence-electron chi connectivity index (χ4n) is 2.78. The molecular formula is C17H20N2O3S. The third-order valence-electron chi connectivity index (χ3n) is 3.99. The monoisotopic (exact) mass is 332 g/mol. The fraction of sp³-hybridized carbons (Fsp3) is 0.412. The number of rotatable bonds is 3. The highest BCUT2D eigenvalue weighted by atomic mass is 32.1. The quantitative estimate of drug-likeness (QED) is 0.866. The van der Waals surface area contributed by atoms with Crippen LogP contribution in [0.3, 0.4) is 0 Å². The largest absolute Gasteiger partial charge is 0.367 e. The molecule has 1 aliphatic heterocycles. The van der Waals surface area contributed by atoms with Gasteiger partial charge in [-0.2, -0.15) is 11.3 Å². The molecule has 1 aliphatic rings. The third-order valence-corrected chi connectivity index (χ3v) is 4.69. The highest BCUT2D eigenvalue weighted by Gasteiger charge is 2.29. The van der Waals surface area contributed by atoms with Crippen LogP contribution in [0.5, 0.6) is 0 Å². The van der Waals surface area contributed by atoms with E-state index in [1.165, 1.54) is 4.57 Å². The zero-order chi connectivity index (χ0) is 16.4. The molecule has 0 saturated carbocycles. The molecular weight excluding hydrogens is 312 g/mol. The molecule has 6 heteroatoms. The van der Waals surface area contributed by atoms with E-state index in [1.807, 2.05) is 31.4 Å². The lowest BCUT2D eigenvalue weighted by atomic mass is 10.1. The van der Waals surface area contributed by atoms with E-state index in [4.69, 9.17) is 4.74 Å². The zero-order valence-corrected chi connectivity index (χ0v) is 14.1. The molecule has 2 aromatic heterocycles. The Morgan fingerprint density at radius 3 is 2.91 bits per heavy atom. The van der Waals surface area contributed by atoms with Gasteiger partial charge in [-0.25, -0.2) is 0 Å². The number of amides is 1. The number of morpholine rings is 1. The van der Waals surface area contributed by atoms with E-state index < -0.39 is 0 Å². The molecule has 2 aromatic rings. The van der Waals surface area contributed by atoms with E-state index in [-0.39, 0.29) is 30.2 Å². The van der Waals surface area contributed by atoms with Crippen LogP contribution in [0.2, 0.25) is 0 Å². The Labute approximate surface area is 139 Å². The van der Waals surface area contributed by atoms with Crippen molar-refractivity contribution < 1.29 is 9.53 Å². The van der Waals surface area contributed by atoms with Crippen LogP contribution in [0.1, 0.15) is 24.2 Å². The van der Waals surface area contributed by atoms with Gasteiger partial charge in [-0.3, -0.25) is 9.59 Å². The normalized spacial score (nSPS) is 21.4. The van der Waals surface area contributed by atoms with Gasteiger partial charge in [-0.1, -0.05) is 0 Å². The topological polar surface area (TPSA) is 51.5 Å². The minimum Gasteiger partial charge on any atom is -0.367 e. The Bertz CT molecular complexity index is 739. The molecule has 3 rings (SSSR count). The number of aromatic nitrogens is 1. The van der Waals surface area contributed by atoms with Crippen LogP contribution in [0.25, 0.3) is 0 Å². The Hall–Kier alpha value is -1.92. The van der Waals surface area contributed by atoms with Crippen molar-refractivity contribution in [1.82, 2.24) is 9.47 Å². The SMILES string of the molecule is Cc1ccn(CC(=O)N2C[C@@H](C)O[C@H](c3ccsc3)C2)c(=O)c1. The molecule has 1 saturated heterocycles. The summed E-state index contributed by atoms with van der Waals surface area (Å²) in [5.74, 6) is -0.0497. The Kier molecular flexibility index (Phi) is 4.63. The predicted molar refractivity (Wildman–Crippen MR) is 89.6 cm³/mol. The maximum Gasteiger partial charge on any atom is 0.251 e. The van der Waals surface area contributed by atoms with E-state index in [9.17, 15) is 9.59 Å². The maximum atomic E-state index is 12.6. The fourth-order valence-corrected chi connectivity index (χ4v) is 3.48. The van der Waals surface area contributed by atoms with Gasteiger partial charge in [0.2, 0.25) is 5.91 Å². The smallest absolute Gasteiger partial charge is 0.251 e. The number of thiophene rings is 1. The second kappa shape index (κ2) is 6.68. The molecule has 0 bridgehead atoms. The van der Waals surface area contributed by atoms with Gasteiger partial charge in [-0.05, 0) is 47.9 Å². The van der Waals surface area contributed by atoms with Gasteiger partial charge in [0.25, 0.3) is 5.56 Å². The van der Waals surface area contributed by atoms with Crippen LogP contribution in [-0.2, 0) is 16.1 Å². The lowest BCUT2D eigenvalue weighted by molar-refractivity contribution is -0.145. The van der Waals surface area contributed by atoms with Gasteiger partial charge in [0.15, 0.2) is 0 Å². The summed E-state index contributed by atoms with van der Waals surface area (Å²) in [6, 6.07) is 5.41. The molecule has 0 N–H and O–H groups in total. The Balaban J connectivity index is 1.72. The third kappa shape index (κ3) is 3.71. The molecule has 5 nitrogen and oxygen atoms in total. The molecule has 1 amide bonds. The summed E-state index contributed by atoms with van der Waals surface area (Å²) in [6.45, 7) is 4.99. The van der Waals surface area contributed by atoms with E-state index in [0.29, 0.717) is 13.1 Å². The zero-order valence-electron chi connectivity index (χ0n) is 13.3. The number of pyridine rings is 1. The van der Waals surface area contributed by atoms with Gasteiger partial charge in [0.1, 0.15) is 12.6 Å². The summed E-state index contributed by atoms with van der Waals surface area (Å²) < 4.78 is 7.40. The first kappa shape index (κ1) is 16.0. The molecule has 0 unspecified atom stereocenters. The highest BCUT2D eigenvalue weighted by molar-refractivity contribution is 7.07. The van der Waals surface area contributed by atoms with Crippen LogP contribution in [0.4, 0.5) is 0 Å². The van der Waals surface area contributed by atoms with Gasteiger partial charge in [0.05, 0.1) is 12.6 Å².